The fraction of sp³-hybridized carbons (Fsp3) is 0.615. The van der Waals surface area contributed by atoms with Gasteiger partial charge in [-0.2, -0.15) is 0 Å². The maximum absolute atomic E-state index is 12.2. The number of rotatable bonds is 5. The number of piperidine rings is 1. The summed E-state index contributed by atoms with van der Waals surface area (Å²) in [5, 5.41) is 8.50. The van der Waals surface area contributed by atoms with Crippen LogP contribution >= 0.6 is 11.8 Å². The number of likely N-dealkylation sites (tertiary alicyclic amines) is 1. The number of allylic oxidation sites excluding steroid dienone is 1. The average Bonchev–Trinajstić information content (AvgIpc) is 2.79. The number of hydrogen-bond donors (Lipinski definition) is 1. The van der Waals surface area contributed by atoms with Crippen LogP contribution < -0.4 is 5.73 Å². The first-order valence-electron chi connectivity index (χ1n) is 6.82. The summed E-state index contributed by atoms with van der Waals surface area (Å²) in [4.78, 5) is 14.1. The van der Waals surface area contributed by atoms with E-state index in [1.807, 2.05) is 4.90 Å². The van der Waals surface area contributed by atoms with Crippen molar-refractivity contribution < 1.29 is 4.79 Å². The van der Waals surface area contributed by atoms with Crippen molar-refractivity contribution in [2.45, 2.75) is 31.5 Å². The Morgan fingerprint density at radius 2 is 2.20 bits per heavy atom. The molecule has 2 N–H and O–H groups in total. The maximum Gasteiger partial charge on any atom is 0.233 e. The molecule has 0 aliphatic carbocycles. The third kappa shape index (κ3) is 3.53. The lowest BCUT2D eigenvalue weighted by molar-refractivity contribution is -0.129. The molecule has 0 spiro atoms. The summed E-state index contributed by atoms with van der Waals surface area (Å²) in [5.74, 6) is 1.62. The molecule has 1 aliphatic rings. The second-order valence-electron chi connectivity index (χ2n) is 5.09. The molecular formula is C13H21N5OS. The topological polar surface area (TPSA) is 77.0 Å². The van der Waals surface area contributed by atoms with Gasteiger partial charge in [-0.1, -0.05) is 24.8 Å². The predicted molar refractivity (Wildman–Crippen MR) is 80.3 cm³/mol. The number of nitrogen functional groups attached to an aromatic ring is 1. The third-order valence-electron chi connectivity index (χ3n) is 3.52. The summed E-state index contributed by atoms with van der Waals surface area (Å²) in [6.07, 6.45) is 3.92. The number of anilines is 1. The lowest BCUT2D eigenvalue weighted by Gasteiger charge is -2.30. The number of aromatic nitrogens is 3. The molecule has 1 fully saturated rings. The molecule has 1 aromatic heterocycles. The molecule has 2 heterocycles. The molecule has 6 nitrogen and oxygen atoms in total. The number of thioether (sulfide) groups is 1. The fourth-order valence-electron chi connectivity index (χ4n) is 2.18. The van der Waals surface area contributed by atoms with Crippen molar-refractivity contribution in [2.75, 3.05) is 24.6 Å². The molecule has 20 heavy (non-hydrogen) atoms. The van der Waals surface area contributed by atoms with Crippen LogP contribution in [0.3, 0.4) is 0 Å². The van der Waals surface area contributed by atoms with E-state index in [0.717, 1.165) is 31.8 Å². The molecule has 1 saturated heterocycles. The van der Waals surface area contributed by atoms with Crippen molar-refractivity contribution in [2.24, 2.45) is 5.92 Å². The van der Waals surface area contributed by atoms with Gasteiger partial charge in [0.25, 0.3) is 0 Å². The largest absolute Gasteiger partial charge is 0.368 e. The van der Waals surface area contributed by atoms with Crippen LogP contribution in [0.4, 0.5) is 5.95 Å². The number of nitrogens with zero attached hydrogens (tertiary/aromatic N) is 4. The number of nitrogens with two attached hydrogens (primary N) is 1. The van der Waals surface area contributed by atoms with E-state index in [2.05, 4.69) is 23.7 Å². The zero-order chi connectivity index (χ0) is 14.5. The van der Waals surface area contributed by atoms with E-state index in [1.54, 1.807) is 10.6 Å². The molecule has 1 aliphatic heterocycles. The first kappa shape index (κ1) is 14.9. The highest BCUT2D eigenvalue weighted by Crippen LogP contribution is 2.21. The maximum atomic E-state index is 12.2. The minimum atomic E-state index is 0.161. The lowest BCUT2D eigenvalue weighted by Crippen LogP contribution is -2.38. The Kier molecular flexibility index (Phi) is 5.05. The Morgan fingerprint density at radius 1 is 1.50 bits per heavy atom. The van der Waals surface area contributed by atoms with Crippen LogP contribution in [0.25, 0.3) is 0 Å². The van der Waals surface area contributed by atoms with E-state index >= 15 is 0 Å². The SMILES string of the molecule is C=CCn1c(N)nnc1SCC(=O)N1CCC(C)CC1. The molecule has 2 rings (SSSR count). The van der Waals surface area contributed by atoms with Crippen LogP contribution in [0.5, 0.6) is 0 Å². The lowest BCUT2D eigenvalue weighted by atomic mass is 9.99. The van der Waals surface area contributed by atoms with E-state index in [9.17, 15) is 4.79 Å². The average molecular weight is 295 g/mol. The van der Waals surface area contributed by atoms with Gasteiger partial charge in [-0.15, -0.1) is 16.8 Å². The molecule has 0 bridgehead atoms. The summed E-state index contributed by atoms with van der Waals surface area (Å²) in [6, 6.07) is 0. The molecular weight excluding hydrogens is 274 g/mol. The monoisotopic (exact) mass is 295 g/mol. The number of carbonyl (C=O) groups excluding carboxylic acids is 1. The van der Waals surface area contributed by atoms with Crippen molar-refractivity contribution in [3.63, 3.8) is 0 Å². The normalized spacial score (nSPS) is 16.4. The Balaban J connectivity index is 1.88. The van der Waals surface area contributed by atoms with E-state index in [1.165, 1.54) is 11.8 Å². The summed E-state index contributed by atoms with van der Waals surface area (Å²) < 4.78 is 1.75. The zero-order valence-corrected chi connectivity index (χ0v) is 12.6. The molecule has 1 amide bonds. The van der Waals surface area contributed by atoms with Crippen LogP contribution in [-0.4, -0.2) is 44.4 Å². The van der Waals surface area contributed by atoms with Crippen molar-refractivity contribution in [3.8, 4) is 0 Å². The standard InChI is InChI=1S/C13H21N5OS/c1-3-6-18-12(14)15-16-13(18)20-9-11(19)17-7-4-10(2)5-8-17/h3,10H,1,4-9H2,2H3,(H2,14,15). The Morgan fingerprint density at radius 3 is 2.85 bits per heavy atom. The van der Waals surface area contributed by atoms with Gasteiger partial charge in [0.2, 0.25) is 11.9 Å². The third-order valence-corrected chi connectivity index (χ3v) is 4.47. The van der Waals surface area contributed by atoms with E-state index in [0.29, 0.717) is 23.4 Å². The summed E-state index contributed by atoms with van der Waals surface area (Å²) >= 11 is 1.38. The summed E-state index contributed by atoms with van der Waals surface area (Å²) in [7, 11) is 0. The minimum Gasteiger partial charge on any atom is -0.368 e. The fourth-order valence-corrected chi connectivity index (χ4v) is 3.04. The van der Waals surface area contributed by atoms with Gasteiger partial charge in [-0.25, -0.2) is 0 Å². The minimum absolute atomic E-state index is 0.161. The quantitative estimate of drug-likeness (QED) is 0.656. The molecule has 7 heteroatoms. The van der Waals surface area contributed by atoms with E-state index in [4.69, 9.17) is 5.73 Å². The van der Waals surface area contributed by atoms with Gasteiger partial charge >= 0.3 is 0 Å². The van der Waals surface area contributed by atoms with Crippen LogP contribution in [0.2, 0.25) is 0 Å². The molecule has 0 saturated carbocycles. The zero-order valence-electron chi connectivity index (χ0n) is 11.8. The first-order valence-corrected chi connectivity index (χ1v) is 7.80. The van der Waals surface area contributed by atoms with Crippen molar-refractivity contribution in [3.05, 3.63) is 12.7 Å². The number of carbonyl (C=O) groups is 1. The highest BCUT2D eigenvalue weighted by atomic mass is 32.2. The van der Waals surface area contributed by atoms with Gasteiger partial charge in [-0.3, -0.25) is 9.36 Å². The van der Waals surface area contributed by atoms with Crippen molar-refractivity contribution in [1.29, 1.82) is 0 Å². The van der Waals surface area contributed by atoms with Gasteiger partial charge in [0.1, 0.15) is 0 Å². The van der Waals surface area contributed by atoms with Crippen LogP contribution in [0, 0.1) is 5.92 Å². The Bertz CT molecular complexity index is 479. The molecule has 1 aromatic rings. The smallest absolute Gasteiger partial charge is 0.233 e. The van der Waals surface area contributed by atoms with Gasteiger partial charge in [0.15, 0.2) is 5.16 Å². The van der Waals surface area contributed by atoms with Crippen LogP contribution in [0.15, 0.2) is 17.8 Å². The number of hydrogen-bond acceptors (Lipinski definition) is 5. The van der Waals surface area contributed by atoms with Crippen molar-refractivity contribution >= 4 is 23.6 Å². The second kappa shape index (κ2) is 6.78. The highest BCUT2D eigenvalue weighted by molar-refractivity contribution is 7.99. The Hall–Kier alpha value is -1.50. The van der Waals surface area contributed by atoms with Crippen LogP contribution in [0.1, 0.15) is 19.8 Å². The second-order valence-corrected chi connectivity index (χ2v) is 6.03. The van der Waals surface area contributed by atoms with Gasteiger partial charge in [0.05, 0.1) is 5.75 Å². The van der Waals surface area contributed by atoms with Crippen LogP contribution in [-0.2, 0) is 11.3 Å². The van der Waals surface area contributed by atoms with Gasteiger partial charge < -0.3 is 10.6 Å². The van der Waals surface area contributed by atoms with Gasteiger partial charge in [-0.05, 0) is 18.8 Å². The number of amides is 1. The first-order chi connectivity index (χ1) is 9.61. The molecule has 0 aromatic carbocycles. The van der Waals surface area contributed by atoms with Gasteiger partial charge in [0, 0.05) is 19.6 Å². The van der Waals surface area contributed by atoms with Crippen molar-refractivity contribution in [1.82, 2.24) is 19.7 Å². The van der Waals surface area contributed by atoms with E-state index < -0.39 is 0 Å². The predicted octanol–water partition coefficient (Wildman–Crippen LogP) is 1.40. The van der Waals surface area contributed by atoms with E-state index in [-0.39, 0.29) is 5.91 Å². The highest BCUT2D eigenvalue weighted by Gasteiger charge is 2.21. The molecule has 0 radical (unpaired) electrons. The Labute approximate surface area is 123 Å². The molecule has 110 valence electrons. The summed E-state index contributed by atoms with van der Waals surface area (Å²) in [5.41, 5.74) is 5.72. The molecule has 0 atom stereocenters. The molecule has 0 unspecified atom stereocenters. The summed E-state index contributed by atoms with van der Waals surface area (Å²) in [6.45, 7) is 8.19.